The molecule has 2 amide bonds. The van der Waals surface area contributed by atoms with Gasteiger partial charge < -0.3 is 10.2 Å². The van der Waals surface area contributed by atoms with Crippen LogP contribution in [0.2, 0.25) is 5.02 Å². The monoisotopic (exact) mass is 633 g/mol. The SMILES string of the molecule is CCCCNC(=O)C(C)N(Cc1cccc(Br)c1)C(=O)CN(c1cc(Cl)ccc1C)S(=O)(=O)c1ccccc1. The van der Waals surface area contributed by atoms with Gasteiger partial charge in [-0.1, -0.05) is 77.3 Å². The zero-order chi connectivity index (χ0) is 28.6. The predicted octanol–water partition coefficient (Wildman–Crippen LogP) is 5.94. The number of hydrogen-bond donors (Lipinski definition) is 1. The van der Waals surface area contributed by atoms with Gasteiger partial charge in [0.05, 0.1) is 10.6 Å². The Labute approximate surface area is 244 Å². The first-order valence-corrected chi connectivity index (χ1v) is 15.3. The van der Waals surface area contributed by atoms with Crippen molar-refractivity contribution in [1.29, 1.82) is 0 Å². The van der Waals surface area contributed by atoms with E-state index >= 15 is 0 Å². The maximum atomic E-state index is 14.0. The molecule has 0 spiro atoms. The van der Waals surface area contributed by atoms with Crippen molar-refractivity contribution < 1.29 is 18.0 Å². The van der Waals surface area contributed by atoms with Crippen LogP contribution in [0.15, 0.2) is 82.2 Å². The number of carbonyl (C=O) groups excluding carboxylic acids is 2. The average Bonchev–Trinajstić information content (AvgIpc) is 2.92. The first-order chi connectivity index (χ1) is 18.5. The Kier molecular flexibility index (Phi) is 11.0. The Morgan fingerprint density at radius 3 is 2.41 bits per heavy atom. The lowest BCUT2D eigenvalue weighted by atomic mass is 10.1. The van der Waals surface area contributed by atoms with Crippen LogP contribution in [0, 0.1) is 6.92 Å². The van der Waals surface area contributed by atoms with Crippen molar-refractivity contribution in [1.82, 2.24) is 10.2 Å². The zero-order valence-corrected chi connectivity index (χ0v) is 25.4. The molecule has 0 saturated heterocycles. The highest BCUT2D eigenvalue weighted by molar-refractivity contribution is 9.10. The fourth-order valence-electron chi connectivity index (χ4n) is 4.03. The molecule has 3 rings (SSSR count). The Morgan fingerprint density at radius 2 is 1.74 bits per heavy atom. The van der Waals surface area contributed by atoms with E-state index in [9.17, 15) is 18.0 Å². The second-order valence-corrected chi connectivity index (χ2v) is 12.4. The van der Waals surface area contributed by atoms with E-state index in [2.05, 4.69) is 21.2 Å². The molecular weight excluding hydrogens is 602 g/mol. The highest BCUT2D eigenvalue weighted by atomic mass is 79.9. The first kappa shape index (κ1) is 30.7. The number of nitrogens with one attached hydrogen (secondary N) is 1. The van der Waals surface area contributed by atoms with Gasteiger partial charge in [-0.3, -0.25) is 13.9 Å². The number of carbonyl (C=O) groups is 2. The minimum absolute atomic E-state index is 0.0427. The Hall–Kier alpha value is -2.88. The van der Waals surface area contributed by atoms with Crippen LogP contribution in [-0.2, 0) is 26.2 Å². The summed E-state index contributed by atoms with van der Waals surface area (Å²) in [4.78, 5) is 28.4. The molecule has 0 bridgehead atoms. The van der Waals surface area contributed by atoms with Crippen molar-refractivity contribution in [3.8, 4) is 0 Å². The standard InChI is InChI=1S/C29H33BrClN3O4S/c1-4-5-16-32-29(36)22(3)33(19-23-10-9-11-24(30)17-23)28(35)20-34(27-18-25(31)15-14-21(27)2)39(37,38)26-12-7-6-8-13-26/h6-15,17-18,22H,4-5,16,19-20H2,1-3H3,(H,32,36). The van der Waals surface area contributed by atoms with Gasteiger partial charge in [-0.15, -0.1) is 0 Å². The lowest BCUT2D eigenvalue weighted by Gasteiger charge is -2.32. The maximum Gasteiger partial charge on any atom is 0.264 e. The molecule has 0 saturated carbocycles. The van der Waals surface area contributed by atoms with E-state index in [0.29, 0.717) is 22.8 Å². The molecule has 0 aliphatic rings. The molecule has 10 heteroatoms. The van der Waals surface area contributed by atoms with Gasteiger partial charge >= 0.3 is 0 Å². The van der Waals surface area contributed by atoms with E-state index in [1.807, 2.05) is 31.2 Å². The number of aryl methyl sites for hydroxylation is 1. The fraction of sp³-hybridized carbons (Fsp3) is 0.310. The third-order valence-electron chi connectivity index (χ3n) is 6.29. The quantitative estimate of drug-likeness (QED) is 0.250. The van der Waals surface area contributed by atoms with Gasteiger partial charge in [0.2, 0.25) is 11.8 Å². The molecular formula is C29H33BrClN3O4S. The summed E-state index contributed by atoms with van der Waals surface area (Å²) in [5.74, 6) is -0.824. The molecule has 1 N–H and O–H groups in total. The summed E-state index contributed by atoms with van der Waals surface area (Å²) in [5, 5.41) is 3.22. The van der Waals surface area contributed by atoms with E-state index in [1.54, 1.807) is 44.2 Å². The lowest BCUT2D eigenvalue weighted by Crippen LogP contribution is -2.51. The number of hydrogen-bond acceptors (Lipinski definition) is 4. The van der Waals surface area contributed by atoms with Crippen molar-refractivity contribution in [2.45, 2.75) is 51.1 Å². The molecule has 0 radical (unpaired) electrons. The second kappa shape index (κ2) is 14.0. The maximum absolute atomic E-state index is 14.0. The van der Waals surface area contributed by atoms with Gasteiger partial charge in [-0.05, 0) is 67.8 Å². The van der Waals surface area contributed by atoms with E-state index < -0.39 is 28.5 Å². The van der Waals surface area contributed by atoms with E-state index in [4.69, 9.17) is 11.6 Å². The molecule has 0 aliphatic carbocycles. The Balaban J connectivity index is 2.03. The third kappa shape index (κ3) is 8.06. The topological polar surface area (TPSA) is 86.8 Å². The van der Waals surface area contributed by atoms with Crippen molar-refractivity contribution in [3.63, 3.8) is 0 Å². The van der Waals surface area contributed by atoms with Crippen LogP contribution in [0.4, 0.5) is 5.69 Å². The van der Waals surface area contributed by atoms with E-state index in [-0.39, 0.29) is 17.3 Å². The number of sulfonamides is 1. The number of nitrogens with zero attached hydrogens (tertiary/aromatic N) is 2. The van der Waals surface area contributed by atoms with Crippen LogP contribution in [0.3, 0.4) is 0 Å². The van der Waals surface area contributed by atoms with Crippen LogP contribution in [0.5, 0.6) is 0 Å². The highest BCUT2D eigenvalue weighted by Gasteiger charge is 2.33. The number of anilines is 1. The van der Waals surface area contributed by atoms with Crippen LogP contribution in [0.25, 0.3) is 0 Å². The van der Waals surface area contributed by atoms with Crippen molar-refractivity contribution in [2.24, 2.45) is 0 Å². The smallest absolute Gasteiger partial charge is 0.264 e. The molecule has 1 unspecified atom stereocenters. The fourth-order valence-corrected chi connectivity index (χ4v) is 6.14. The summed E-state index contributed by atoms with van der Waals surface area (Å²) in [6.07, 6.45) is 1.73. The Bertz CT molecular complexity index is 1400. The van der Waals surface area contributed by atoms with E-state index in [0.717, 1.165) is 27.2 Å². The molecule has 1 atom stereocenters. The molecule has 208 valence electrons. The number of rotatable bonds is 12. The summed E-state index contributed by atoms with van der Waals surface area (Å²) in [7, 11) is -4.15. The molecule has 39 heavy (non-hydrogen) atoms. The van der Waals surface area contributed by atoms with Crippen LogP contribution in [-0.4, -0.2) is 44.3 Å². The summed E-state index contributed by atoms with van der Waals surface area (Å²) in [6, 6.07) is 19.4. The lowest BCUT2D eigenvalue weighted by molar-refractivity contribution is -0.139. The number of halogens is 2. The molecule has 3 aromatic carbocycles. The van der Waals surface area contributed by atoms with Crippen molar-refractivity contribution in [2.75, 3.05) is 17.4 Å². The second-order valence-electron chi connectivity index (χ2n) is 9.23. The normalized spacial score (nSPS) is 12.0. The number of unbranched alkanes of at least 4 members (excludes halogenated alkanes) is 1. The largest absolute Gasteiger partial charge is 0.354 e. The number of amides is 2. The summed E-state index contributed by atoms with van der Waals surface area (Å²) < 4.78 is 29.6. The summed E-state index contributed by atoms with van der Waals surface area (Å²) in [5.41, 5.74) is 1.72. The Morgan fingerprint density at radius 1 is 1.03 bits per heavy atom. The van der Waals surface area contributed by atoms with Gasteiger partial charge in [0.1, 0.15) is 12.6 Å². The van der Waals surface area contributed by atoms with Crippen LogP contribution >= 0.6 is 27.5 Å². The van der Waals surface area contributed by atoms with Gasteiger partial charge in [-0.25, -0.2) is 8.42 Å². The minimum atomic E-state index is -4.15. The van der Waals surface area contributed by atoms with Crippen molar-refractivity contribution >= 4 is 55.1 Å². The minimum Gasteiger partial charge on any atom is -0.354 e. The van der Waals surface area contributed by atoms with E-state index in [1.165, 1.54) is 23.1 Å². The molecule has 0 aliphatic heterocycles. The zero-order valence-electron chi connectivity index (χ0n) is 22.2. The summed E-state index contributed by atoms with van der Waals surface area (Å²) in [6.45, 7) is 5.53. The molecule has 0 fully saturated rings. The first-order valence-electron chi connectivity index (χ1n) is 12.7. The average molecular weight is 635 g/mol. The van der Waals surface area contributed by atoms with Gasteiger partial charge in [0, 0.05) is 22.6 Å². The number of benzene rings is 3. The predicted molar refractivity (Wildman–Crippen MR) is 159 cm³/mol. The van der Waals surface area contributed by atoms with Crippen LogP contribution < -0.4 is 9.62 Å². The molecule has 0 heterocycles. The highest BCUT2D eigenvalue weighted by Crippen LogP contribution is 2.30. The third-order valence-corrected chi connectivity index (χ3v) is 8.79. The van der Waals surface area contributed by atoms with Gasteiger partial charge in [-0.2, -0.15) is 0 Å². The molecule has 7 nitrogen and oxygen atoms in total. The van der Waals surface area contributed by atoms with Crippen molar-refractivity contribution in [3.05, 3.63) is 93.4 Å². The molecule has 3 aromatic rings. The van der Waals surface area contributed by atoms with Gasteiger partial charge in [0.15, 0.2) is 0 Å². The van der Waals surface area contributed by atoms with Gasteiger partial charge in [0.25, 0.3) is 10.0 Å². The van der Waals surface area contributed by atoms with Crippen LogP contribution in [0.1, 0.15) is 37.8 Å². The molecule has 0 aromatic heterocycles. The summed E-state index contributed by atoms with van der Waals surface area (Å²) >= 11 is 9.71.